The number of hydrogen-bond acceptors (Lipinski definition) is 3. The van der Waals surface area contributed by atoms with Crippen LogP contribution in [0.4, 0.5) is 0 Å². The number of hydrogen-bond donors (Lipinski definition) is 1. The van der Waals surface area contributed by atoms with Crippen LogP contribution in [0.5, 0.6) is 0 Å². The molecule has 0 aromatic carbocycles. The van der Waals surface area contributed by atoms with Crippen molar-refractivity contribution in [1.82, 2.24) is 10.3 Å². The summed E-state index contributed by atoms with van der Waals surface area (Å²) in [5.41, 5.74) is 2.40. The van der Waals surface area contributed by atoms with Crippen molar-refractivity contribution in [2.24, 2.45) is 5.92 Å². The second kappa shape index (κ2) is 4.93. The zero-order valence-corrected chi connectivity index (χ0v) is 10.8. The van der Waals surface area contributed by atoms with Crippen molar-refractivity contribution in [2.75, 3.05) is 7.05 Å². The van der Waals surface area contributed by atoms with Gasteiger partial charge in [-0.15, -0.1) is 11.3 Å². The lowest BCUT2D eigenvalue weighted by molar-refractivity contribution is 0.456. The van der Waals surface area contributed by atoms with Gasteiger partial charge in [-0.3, -0.25) is 4.98 Å². The Labute approximate surface area is 101 Å². The SMILES string of the molecule is CNC(CC(C)C)c1cnc2ccsc2c1. The minimum atomic E-state index is 0.416. The predicted molar refractivity (Wildman–Crippen MR) is 70.9 cm³/mol. The van der Waals surface area contributed by atoms with E-state index in [4.69, 9.17) is 0 Å². The van der Waals surface area contributed by atoms with Crippen molar-refractivity contribution < 1.29 is 0 Å². The fourth-order valence-electron chi connectivity index (χ4n) is 1.94. The van der Waals surface area contributed by atoms with E-state index in [2.05, 4.69) is 41.7 Å². The first-order valence-electron chi connectivity index (χ1n) is 5.71. The van der Waals surface area contributed by atoms with Gasteiger partial charge in [-0.1, -0.05) is 13.8 Å². The molecule has 3 heteroatoms. The van der Waals surface area contributed by atoms with Crippen LogP contribution in [0.3, 0.4) is 0 Å². The van der Waals surface area contributed by atoms with Crippen LogP contribution in [-0.2, 0) is 0 Å². The zero-order valence-electron chi connectivity index (χ0n) is 10.0. The molecule has 0 saturated heterocycles. The third kappa shape index (κ3) is 2.42. The summed E-state index contributed by atoms with van der Waals surface area (Å²) in [6.45, 7) is 4.50. The van der Waals surface area contributed by atoms with Crippen LogP contribution >= 0.6 is 11.3 Å². The van der Waals surface area contributed by atoms with Crippen molar-refractivity contribution in [3.05, 3.63) is 29.3 Å². The maximum atomic E-state index is 4.49. The molecule has 2 heterocycles. The van der Waals surface area contributed by atoms with Crippen molar-refractivity contribution in [3.63, 3.8) is 0 Å². The number of aromatic nitrogens is 1. The van der Waals surface area contributed by atoms with E-state index in [1.165, 1.54) is 10.3 Å². The standard InChI is InChI=1S/C13H18N2S/c1-9(2)6-12(14-3)10-7-13-11(15-8-10)4-5-16-13/h4-5,7-9,12,14H,6H2,1-3H3. The van der Waals surface area contributed by atoms with Crippen molar-refractivity contribution in [3.8, 4) is 0 Å². The van der Waals surface area contributed by atoms with Crippen LogP contribution in [0.2, 0.25) is 0 Å². The Bertz CT molecular complexity index is 462. The number of thiophene rings is 1. The van der Waals surface area contributed by atoms with Crippen LogP contribution in [-0.4, -0.2) is 12.0 Å². The Kier molecular flexibility index (Phi) is 3.56. The van der Waals surface area contributed by atoms with Gasteiger partial charge in [0.15, 0.2) is 0 Å². The van der Waals surface area contributed by atoms with E-state index in [0.29, 0.717) is 12.0 Å². The fraction of sp³-hybridized carbons (Fsp3) is 0.462. The molecule has 2 aromatic heterocycles. The molecule has 0 fully saturated rings. The van der Waals surface area contributed by atoms with E-state index < -0.39 is 0 Å². The minimum absolute atomic E-state index is 0.416. The molecule has 0 aliphatic carbocycles. The summed E-state index contributed by atoms with van der Waals surface area (Å²) < 4.78 is 1.28. The highest BCUT2D eigenvalue weighted by atomic mass is 32.1. The third-order valence-corrected chi connectivity index (χ3v) is 3.63. The molecule has 2 rings (SSSR count). The van der Waals surface area contributed by atoms with E-state index in [1.807, 2.05) is 13.2 Å². The molecule has 0 aliphatic rings. The summed E-state index contributed by atoms with van der Waals surface area (Å²) in [4.78, 5) is 4.49. The highest BCUT2D eigenvalue weighted by Crippen LogP contribution is 2.25. The number of pyridine rings is 1. The molecule has 0 radical (unpaired) electrons. The van der Waals surface area contributed by atoms with Gasteiger partial charge in [0, 0.05) is 12.2 Å². The highest BCUT2D eigenvalue weighted by Gasteiger charge is 2.12. The fourth-order valence-corrected chi connectivity index (χ4v) is 2.73. The molecule has 0 amide bonds. The number of nitrogens with zero attached hydrogens (tertiary/aromatic N) is 1. The third-order valence-electron chi connectivity index (χ3n) is 2.78. The van der Waals surface area contributed by atoms with Gasteiger partial charge in [0.2, 0.25) is 0 Å². The van der Waals surface area contributed by atoms with Crippen LogP contribution in [0.1, 0.15) is 31.9 Å². The smallest absolute Gasteiger partial charge is 0.0809 e. The van der Waals surface area contributed by atoms with Crippen molar-refractivity contribution >= 4 is 21.6 Å². The molecule has 86 valence electrons. The summed E-state index contributed by atoms with van der Waals surface area (Å²) in [6.07, 6.45) is 3.15. The van der Waals surface area contributed by atoms with Crippen molar-refractivity contribution in [1.29, 1.82) is 0 Å². The average Bonchev–Trinajstić information content (AvgIpc) is 2.72. The second-order valence-corrected chi connectivity index (χ2v) is 5.49. The normalized spacial score (nSPS) is 13.5. The Hall–Kier alpha value is -0.930. The van der Waals surface area contributed by atoms with Gasteiger partial charge in [-0.05, 0) is 42.5 Å². The summed E-state index contributed by atoms with van der Waals surface area (Å²) >= 11 is 1.76. The maximum absolute atomic E-state index is 4.49. The van der Waals surface area contributed by atoms with Crippen molar-refractivity contribution in [2.45, 2.75) is 26.3 Å². The van der Waals surface area contributed by atoms with E-state index in [0.717, 1.165) is 11.9 Å². The predicted octanol–water partition coefficient (Wildman–Crippen LogP) is 3.60. The molecule has 0 bridgehead atoms. The maximum Gasteiger partial charge on any atom is 0.0809 e. The van der Waals surface area contributed by atoms with Gasteiger partial charge in [0.25, 0.3) is 0 Å². The zero-order chi connectivity index (χ0) is 11.5. The largest absolute Gasteiger partial charge is 0.313 e. The first kappa shape index (κ1) is 11.6. The quantitative estimate of drug-likeness (QED) is 0.874. The molecule has 2 nitrogen and oxygen atoms in total. The van der Waals surface area contributed by atoms with Gasteiger partial charge in [0.05, 0.1) is 10.2 Å². The van der Waals surface area contributed by atoms with E-state index in [9.17, 15) is 0 Å². The van der Waals surface area contributed by atoms with E-state index in [-0.39, 0.29) is 0 Å². The van der Waals surface area contributed by atoms with Crippen LogP contribution in [0.15, 0.2) is 23.7 Å². The number of rotatable bonds is 4. The summed E-state index contributed by atoms with van der Waals surface area (Å²) in [6, 6.07) is 4.75. The first-order valence-corrected chi connectivity index (χ1v) is 6.59. The van der Waals surface area contributed by atoms with Crippen LogP contribution < -0.4 is 5.32 Å². The number of nitrogens with one attached hydrogen (secondary N) is 1. The first-order chi connectivity index (χ1) is 7.70. The molecule has 1 unspecified atom stereocenters. The highest BCUT2D eigenvalue weighted by molar-refractivity contribution is 7.17. The topological polar surface area (TPSA) is 24.9 Å². The van der Waals surface area contributed by atoms with E-state index >= 15 is 0 Å². The van der Waals surface area contributed by atoms with Gasteiger partial charge in [0.1, 0.15) is 0 Å². The Morgan fingerprint density at radius 2 is 2.25 bits per heavy atom. The lowest BCUT2D eigenvalue weighted by Gasteiger charge is -2.18. The number of fused-ring (bicyclic) bond motifs is 1. The lowest BCUT2D eigenvalue weighted by Crippen LogP contribution is -2.18. The summed E-state index contributed by atoms with van der Waals surface area (Å²) in [7, 11) is 2.02. The Balaban J connectivity index is 2.29. The van der Waals surface area contributed by atoms with Gasteiger partial charge in [-0.25, -0.2) is 0 Å². The Morgan fingerprint density at radius 3 is 2.94 bits per heavy atom. The Morgan fingerprint density at radius 1 is 1.44 bits per heavy atom. The van der Waals surface area contributed by atoms with Crippen LogP contribution in [0, 0.1) is 5.92 Å². The molecule has 0 saturated carbocycles. The molecule has 0 aliphatic heterocycles. The summed E-state index contributed by atoms with van der Waals surface area (Å²) in [5, 5.41) is 5.47. The molecular weight excluding hydrogens is 216 g/mol. The molecule has 1 N–H and O–H groups in total. The average molecular weight is 234 g/mol. The lowest BCUT2D eigenvalue weighted by atomic mass is 9.98. The second-order valence-electron chi connectivity index (χ2n) is 4.54. The molecule has 2 aromatic rings. The monoisotopic (exact) mass is 234 g/mol. The minimum Gasteiger partial charge on any atom is -0.313 e. The molecule has 1 atom stereocenters. The molecule has 16 heavy (non-hydrogen) atoms. The van der Waals surface area contributed by atoms with Crippen LogP contribution in [0.25, 0.3) is 10.2 Å². The molecule has 0 spiro atoms. The molecular formula is C13H18N2S. The van der Waals surface area contributed by atoms with Gasteiger partial charge < -0.3 is 5.32 Å². The summed E-state index contributed by atoms with van der Waals surface area (Å²) in [5.74, 6) is 0.691. The van der Waals surface area contributed by atoms with Gasteiger partial charge >= 0.3 is 0 Å². The van der Waals surface area contributed by atoms with E-state index in [1.54, 1.807) is 11.3 Å². The van der Waals surface area contributed by atoms with Gasteiger partial charge in [-0.2, -0.15) is 0 Å².